The molecule has 0 saturated heterocycles. The topological polar surface area (TPSA) is 66.5 Å². The van der Waals surface area contributed by atoms with E-state index in [4.69, 9.17) is 0 Å². The lowest BCUT2D eigenvalue weighted by molar-refractivity contribution is 0.749. The zero-order valence-corrected chi connectivity index (χ0v) is 11.8. The number of H-pyrrole nitrogens is 1. The van der Waals surface area contributed by atoms with Gasteiger partial charge in [0.1, 0.15) is 5.03 Å². The van der Waals surface area contributed by atoms with Crippen LogP contribution in [0.3, 0.4) is 0 Å². The highest BCUT2D eigenvalue weighted by Crippen LogP contribution is 2.26. The number of nitrogens with zero attached hydrogens (tertiary/aromatic N) is 3. The lowest BCUT2D eigenvalue weighted by Crippen LogP contribution is -2.05. The number of rotatable bonds is 6. The zero-order valence-electron chi connectivity index (χ0n) is 11.0. The molecule has 0 bridgehead atoms. The number of aromatic nitrogens is 4. The summed E-state index contributed by atoms with van der Waals surface area (Å²) in [5.41, 5.74) is 0.801. The van der Waals surface area contributed by atoms with Gasteiger partial charge in [0.15, 0.2) is 5.65 Å². The van der Waals surface area contributed by atoms with Crippen LogP contribution in [-0.2, 0) is 0 Å². The van der Waals surface area contributed by atoms with Crippen LogP contribution < -0.4 is 5.32 Å². The molecule has 0 aliphatic rings. The fraction of sp³-hybridized carbons (Fsp3) is 0.583. The van der Waals surface area contributed by atoms with Gasteiger partial charge in [0, 0.05) is 12.3 Å². The second-order valence-corrected chi connectivity index (χ2v) is 5.62. The molecule has 2 aromatic heterocycles. The van der Waals surface area contributed by atoms with Crippen molar-refractivity contribution < 1.29 is 0 Å². The van der Waals surface area contributed by atoms with Gasteiger partial charge < -0.3 is 5.32 Å². The molecule has 0 spiro atoms. The standard InChI is InChI=1S/C12H19N5S/c1-4-5-13-12-15-10-9(6-14-17-10)11(16-12)18-7-8(2)3/h6,8H,4-5,7H2,1-3H3,(H2,13,14,15,16,17). The minimum atomic E-state index is 0.638. The highest BCUT2D eigenvalue weighted by molar-refractivity contribution is 7.99. The van der Waals surface area contributed by atoms with E-state index in [0.29, 0.717) is 11.9 Å². The predicted molar refractivity (Wildman–Crippen MR) is 76.0 cm³/mol. The van der Waals surface area contributed by atoms with Gasteiger partial charge >= 0.3 is 0 Å². The van der Waals surface area contributed by atoms with Crippen molar-refractivity contribution >= 4 is 28.7 Å². The molecular weight excluding hydrogens is 246 g/mol. The number of anilines is 1. The van der Waals surface area contributed by atoms with Crippen molar-refractivity contribution in [3.05, 3.63) is 6.20 Å². The minimum absolute atomic E-state index is 0.638. The van der Waals surface area contributed by atoms with E-state index in [9.17, 15) is 0 Å². The van der Waals surface area contributed by atoms with E-state index in [1.54, 1.807) is 18.0 Å². The predicted octanol–water partition coefficient (Wildman–Crippen LogP) is 2.92. The van der Waals surface area contributed by atoms with Crippen molar-refractivity contribution in [3.8, 4) is 0 Å². The van der Waals surface area contributed by atoms with Gasteiger partial charge in [-0.15, -0.1) is 11.8 Å². The molecule has 0 aliphatic carbocycles. The van der Waals surface area contributed by atoms with Crippen LogP contribution in [0.25, 0.3) is 11.0 Å². The lowest BCUT2D eigenvalue weighted by atomic mass is 10.3. The van der Waals surface area contributed by atoms with Gasteiger partial charge in [-0.2, -0.15) is 10.1 Å². The Balaban J connectivity index is 2.26. The summed E-state index contributed by atoms with van der Waals surface area (Å²) in [4.78, 5) is 8.97. The average Bonchev–Trinajstić information content (AvgIpc) is 2.81. The smallest absolute Gasteiger partial charge is 0.225 e. The summed E-state index contributed by atoms with van der Waals surface area (Å²) >= 11 is 1.76. The van der Waals surface area contributed by atoms with Crippen LogP contribution in [0, 0.1) is 5.92 Å². The molecule has 2 aromatic rings. The Morgan fingerprint density at radius 3 is 2.94 bits per heavy atom. The normalized spacial score (nSPS) is 11.3. The first-order chi connectivity index (χ1) is 8.70. The molecule has 0 saturated carbocycles. The fourth-order valence-corrected chi connectivity index (χ4v) is 2.43. The van der Waals surface area contributed by atoms with E-state index < -0.39 is 0 Å². The van der Waals surface area contributed by atoms with Gasteiger partial charge in [-0.25, -0.2) is 4.98 Å². The highest BCUT2D eigenvalue weighted by Gasteiger charge is 2.10. The highest BCUT2D eigenvalue weighted by atomic mass is 32.2. The quantitative estimate of drug-likeness (QED) is 0.621. The van der Waals surface area contributed by atoms with Gasteiger partial charge in [0.05, 0.1) is 11.6 Å². The van der Waals surface area contributed by atoms with Gasteiger partial charge in [0.25, 0.3) is 0 Å². The van der Waals surface area contributed by atoms with E-state index in [1.165, 1.54) is 0 Å². The summed E-state index contributed by atoms with van der Waals surface area (Å²) in [5, 5.41) is 12.2. The molecule has 98 valence electrons. The molecular formula is C12H19N5S. The fourth-order valence-electron chi connectivity index (χ4n) is 1.48. The molecule has 0 fully saturated rings. The third-order valence-electron chi connectivity index (χ3n) is 2.36. The monoisotopic (exact) mass is 265 g/mol. The Bertz CT molecular complexity index is 508. The number of fused-ring (bicyclic) bond motifs is 1. The third kappa shape index (κ3) is 3.13. The summed E-state index contributed by atoms with van der Waals surface area (Å²) in [7, 11) is 0. The van der Waals surface area contributed by atoms with Gasteiger partial charge in [-0.1, -0.05) is 20.8 Å². The first-order valence-electron chi connectivity index (χ1n) is 6.28. The van der Waals surface area contributed by atoms with Crippen LogP contribution in [0.4, 0.5) is 5.95 Å². The van der Waals surface area contributed by atoms with Gasteiger partial charge in [-0.05, 0) is 12.3 Å². The maximum atomic E-state index is 4.56. The number of hydrogen-bond acceptors (Lipinski definition) is 5. The van der Waals surface area contributed by atoms with E-state index in [-0.39, 0.29) is 0 Å². The van der Waals surface area contributed by atoms with Crippen LogP contribution in [0.2, 0.25) is 0 Å². The molecule has 0 unspecified atom stereocenters. The largest absolute Gasteiger partial charge is 0.354 e. The van der Waals surface area contributed by atoms with Crippen molar-refractivity contribution in [3.63, 3.8) is 0 Å². The molecule has 0 aliphatic heterocycles. The van der Waals surface area contributed by atoms with E-state index in [0.717, 1.165) is 34.8 Å². The van der Waals surface area contributed by atoms with Crippen LogP contribution >= 0.6 is 11.8 Å². The van der Waals surface area contributed by atoms with Crippen LogP contribution in [0.1, 0.15) is 27.2 Å². The SMILES string of the molecule is CCCNc1nc(SCC(C)C)c2cn[nH]c2n1. The molecule has 2 rings (SSSR count). The molecule has 5 nitrogen and oxygen atoms in total. The Hall–Kier alpha value is -1.30. The second-order valence-electron chi connectivity index (χ2n) is 4.62. The molecule has 0 radical (unpaired) electrons. The van der Waals surface area contributed by atoms with Crippen LogP contribution in [0.15, 0.2) is 11.2 Å². The second kappa shape index (κ2) is 6.04. The Labute approximate surface area is 111 Å². The summed E-state index contributed by atoms with van der Waals surface area (Å²) in [6, 6.07) is 0. The summed E-state index contributed by atoms with van der Waals surface area (Å²) in [5.74, 6) is 2.36. The maximum absolute atomic E-state index is 4.56. The summed E-state index contributed by atoms with van der Waals surface area (Å²) < 4.78 is 0. The van der Waals surface area contributed by atoms with Crippen molar-refractivity contribution in [2.24, 2.45) is 5.92 Å². The summed E-state index contributed by atoms with van der Waals surface area (Å²) in [6.45, 7) is 7.41. The first-order valence-corrected chi connectivity index (χ1v) is 7.27. The van der Waals surface area contributed by atoms with Crippen LogP contribution in [0.5, 0.6) is 0 Å². The first kappa shape index (κ1) is 13.1. The molecule has 2 heterocycles. The Morgan fingerprint density at radius 1 is 1.39 bits per heavy atom. The Morgan fingerprint density at radius 2 is 2.22 bits per heavy atom. The number of nitrogens with one attached hydrogen (secondary N) is 2. The van der Waals surface area contributed by atoms with E-state index >= 15 is 0 Å². The van der Waals surface area contributed by atoms with Crippen molar-refractivity contribution in [2.45, 2.75) is 32.2 Å². The summed E-state index contributed by atoms with van der Waals surface area (Å²) in [6.07, 6.45) is 2.85. The van der Waals surface area contributed by atoms with Gasteiger partial charge in [-0.3, -0.25) is 5.10 Å². The Kier molecular flexibility index (Phi) is 4.41. The number of thioether (sulfide) groups is 1. The lowest BCUT2D eigenvalue weighted by Gasteiger charge is -2.07. The van der Waals surface area contributed by atoms with Gasteiger partial charge in [0.2, 0.25) is 5.95 Å². The van der Waals surface area contributed by atoms with E-state index in [2.05, 4.69) is 46.3 Å². The number of hydrogen-bond donors (Lipinski definition) is 2. The van der Waals surface area contributed by atoms with Crippen molar-refractivity contribution in [1.29, 1.82) is 0 Å². The molecule has 18 heavy (non-hydrogen) atoms. The maximum Gasteiger partial charge on any atom is 0.225 e. The van der Waals surface area contributed by atoms with Crippen molar-refractivity contribution in [1.82, 2.24) is 20.2 Å². The number of aromatic amines is 1. The minimum Gasteiger partial charge on any atom is -0.354 e. The van der Waals surface area contributed by atoms with E-state index in [1.807, 2.05) is 0 Å². The third-order valence-corrected chi connectivity index (χ3v) is 3.78. The molecule has 0 aromatic carbocycles. The van der Waals surface area contributed by atoms with Crippen LogP contribution in [-0.4, -0.2) is 32.5 Å². The molecule has 6 heteroatoms. The average molecular weight is 265 g/mol. The molecule has 0 atom stereocenters. The molecule has 0 amide bonds. The van der Waals surface area contributed by atoms with Crippen molar-refractivity contribution in [2.75, 3.05) is 17.6 Å². The molecule has 2 N–H and O–H groups in total. The zero-order chi connectivity index (χ0) is 13.0.